The van der Waals surface area contributed by atoms with Crippen LogP contribution in [0.5, 0.6) is 5.75 Å². The molecule has 0 saturated carbocycles. The van der Waals surface area contributed by atoms with Gasteiger partial charge in [-0.05, 0) is 53.2 Å². The predicted molar refractivity (Wildman–Crippen MR) is 78.3 cm³/mol. The highest BCUT2D eigenvalue weighted by molar-refractivity contribution is 9.10. The SMILES string of the molecule is COc1ccc(-c2nc3nc(C)ccc3[nH]2)cc1Br. The van der Waals surface area contributed by atoms with Gasteiger partial charge < -0.3 is 9.72 Å². The second kappa shape index (κ2) is 4.66. The van der Waals surface area contributed by atoms with Crippen molar-refractivity contribution in [3.8, 4) is 17.1 Å². The van der Waals surface area contributed by atoms with E-state index in [2.05, 4.69) is 30.9 Å². The fourth-order valence-corrected chi connectivity index (χ4v) is 2.48. The number of pyridine rings is 1. The Bertz CT molecular complexity index is 752. The summed E-state index contributed by atoms with van der Waals surface area (Å²) in [4.78, 5) is 12.2. The molecule has 0 atom stereocenters. The van der Waals surface area contributed by atoms with Gasteiger partial charge in [0.1, 0.15) is 11.6 Å². The van der Waals surface area contributed by atoms with Gasteiger partial charge in [-0.2, -0.15) is 0 Å². The van der Waals surface area contributed by atoms with Crippen molar-refractivity contribution in [3.05, 3.63) is 40.5 Å². The van der Waals surface area contributed by atoms with Gasteiger partial charge in [-0.15, -0.1) is 0 Å². The second-order valence-electron chi connectivity index (χ2n) is 4.26. The second-order valence-corrected chi connectivity index (χ2v) is 5.11. The van der Waals surface area contributed by atoms with Gasteiger partial charge in [-0.3, -0.25) is 0 Å². The van der Waals surface area contributed by atoms with Crippen LogP contribution in [0.3, 0.4) is 0 Å². The highest BCUT2D eigenvalue weighted by atomic mass is 79.9. The molecular formula is C14H12BrN3O. The Morgan fingerprint density at radius 1 is 1.16 bits per heavy atom. The van der Waals surface area contributed by atoms with Crippen molar-refractivity contribution in [2.24, 2.45) is 0 Å². The number of halogens is 1. The van der Waals surface area contributed by atoms with E-state index in [-0.39, 0.29) is 0 Å². The number of fused-ring (bicyclic) bond motifs is 1. The molecule has 3 rings (SSSR count). The Morgan fingerprint density at radius 3 is 2.74 bits per heavy atom. The number of rotatable bonds is 2. The van der Waals surface area contributed by atoms with E-state index < -0.39 is 0 Å². The van der Waals surface area contributed by atoms with Crippen LogP contribution in [0.25, 0.3) is 22.6 Å². The highest BCUT2D eigenvalue weighted by Crippen LogP contribution is 2.30. The summed E-state index contributed by atoms with van der Waals surface area (Å²) >= 11 is 3.48. The molecule has 0 aliphatic heterocycles. The summed E-state index contributed by atoms with van der Waals surface area (Å²) in [5.74, 6) is 1.60. The molecule has 5 heteroatoms. The van der Waals surface area contributed by atoms with Crippen molar-refractivity contribution in [2.45, 2.75) is 6.92 Å². The number of imidazole rings is 1. The molecule has 0 radical (unpaired) electrons. The number of hydrogen-bond acceptors (Lipinski definition) is 3. The minimum Gasteiger partial charge on any atom is -0.496 e. The number of H-pyrrole nitrogens is 1. The van der Waals surface area contributed by atoms with Gasteiger partial charge in [0.25, 0.3) is 0 Å². The smallest absolute Gasteiger partial charge is 0.178 e. The Kier molecular flexibility index (Phi) is 2.98. The lowest BCUT2D eigenvalue weighted by molar-refractivity contribution is 0.412. The molecule has 1 aromatic carbocycles. The first kappa shape index (κ1) is 12.2. The standard InChI is InChI=1S/C14H12BrN3O/c1-8-3-5-11-14(16-8)18-13(17-11)9-4-6-12(19-2)10(15)7-9/h3-7H,1-2H3,(H,16,17,18). The van der Waals surface area contributed by atoms with Crippen molar-refractivity contribution >= 4 is 27.1 Å². The van der Waals surface area contributed by atoms with Gasteiger partial charge in [-0.1, -0.05) is 0 Å². The number of aromatic nitrogens is 3. The van der Waals surface area contributed by atoms with Crippen LogP contribution >= 0.6 is 15.9 Å². The molecule has 2 aromatic heterocycles. The molecule has 0 spiro atoms. The largest absolute Gasteiger partial charge is 0.496 e. The fourth-order valence-electron chi connectivity index (χ4n) is 1.94. The summed E-state index contributed by atoms with van der Waals surface area (Å²) in [6.07, 6.45) is 0. The molecule has 4 nitrogen and oxygen atoms in total. The normalized spacial score (nSPS) is 10.9. The summed E-state index contributed by atoms with van der Waals surface area (Å²) in [5, 5.41) is 0. The summed E-state index contributed by atoms with van der Waals surface area (Å²) in [5.41, 5.74) is 3.62. The maximum absolute atomic E-state index is 5.22. The van der Waals surface area contributed by atoms with Crippen LogP contribution in [-0.2, 0) is 0 Å². The Hall–Kier alpha value is -1.88. The molecule has 2 heterocycles. The minimum absolute atomic E-state index is 0.738. The molecule has 1 N–H and O–H groups in total. The zero-order valence-electron chi connectivity index (χ0n) is 10.6. The number of benzene rings is 1. The van der Waals surface area contributed by atoms with Crippen molar-refractivity contribution in [2.75, 3.05) is 7.11 Å². The first-order chi connectivity index (χ1) is 9.17. The topological polar surface area (TPSA) is 50.8 Å². The average molecular weight is 318 g/mol. The highest BCUT2D eigenvalue weighted by Gasteiger charge is 2.08. The van der Waals surface area contributed by atoms with Gasteiger partial charge in [-0.25, -0.2) is 9.97 Å². The zero-order valence-corrected chi connectivity index (χ0v) is 12.2. The van der Waals surface area contributed by atoms with Crippen LogP contribution in [-0.4, -0.2) is 22.1 Å². The molecule has 19 heavy (non-hydrogen) atoms. The monoisotopic (exact) mass is 317 g/mol. The quantitative estimate of drug-likeness (QED) is 0.784. The molecule has 0 bridgehead atoms. The third-order valence-electron chi connectivity index (χ3n) is 2.91. The van der Waals surface area contributed by atoms with Crippen molar-refractivity contribution in [1.82, 2.24) is 15.0 Å². The number of nitrogens with zero attached hydrogens (tertiary/aromatic N) is 2. The van der Waals surface area contributed by atoms with E-state index in [1.54, 1.807) is 7.11 Å². The summed E-state index contributed by atoms with van der Waals surface area (Å²) in [6.45, 7) is 1.96. The van der Waals surface area contributed by atoms with E-state index in [9.17, 15) is 0 Å². The Labute approximate surface area is 119 Å². The Balaban J connectivity index is 2.11. The van der Waals surface area contributed by atoms with Crippen LogP contribution in [0.1, 0.15) is 5.69 Å². The van der Waals surface area contributed by atoms with E-state index in [1.165, 1.54) is 0 Å². The van der Waals surface area contributed by atoms with E-state index in [4.69, 9.17) is 4.74 Å². The molecule has 96 valence electrons. The summed E-state index contributed by atoms with van der Waals surface area (Å²) < 4.78 is 6.12. The van der Waals surface area contributed by atoms with E-state index in [1.807, 2.05) is 37.3 Å². The molecule has 0 fully saturated rings. The van der Waals surface area contributed by atoms with Gasteiger partial charge >= 0.3 is 0 Å². The maximum Gasteiger partial charge on any atom is 0.178 e. The van der Waals surface area contributed by atoms with Crippen molar-refractivity contribution in [3.63, 3.8) is 0 Å². The van der Waals surface area contributed by atoms with E-state index >= 15 is 0 Å². The van der Waals surface area contributed by atoms with Crippen LogP contribution in [0.2, 0.25) is 0 Å². The molecule has 3 aromatic rings. The molecule has 0 saturated heterocycles. The number of aromatic amines is 1. The van der Waals surface area contributed by atoms with Gasteiger partial charge in [0.15, 0.2) is 5.65 Å². The number of ether oxygens (including phenoxy) is 1. The molecule has 0 aliphatic carbocycles. The van der Waals surface area contributed by atoms with Crippen LogP contribution in [0.15, 0.2) is 34.8 Å². The third-order valence-corrected chi connectivity index (χ3v) is 3.53. The number of methoxy groups -OCH3 is 1. The van der Waals surface area contributed by atoms with Crippen LogP contribution in [0, 0.1) is 6.92 Å². The van der Waals surface area contributed by atoms with Gasteiger partial charge in [0, 0.05) is 11.3 Å². The van der Waals surface area contributed by atoms with E-state index in [0.29, 0.717) is 0 Å². The fraction of sp³-hybridized carbons (Fsp3) is 0.143. The minimum atomic E-state index is 0.738. The van der Waals surface area contributed by atoms with Crippen LogP contribution in [0.4, 0.5) is 0 Å². The summed E-state index contributed by atoms with van der Waals surface area (Å²) in [6, 6.07) is 9.81. The lowest BCUT2D eigenvalue weighted by Gasteiger charge is -2.04. The van der Waals surface area contributed by atoms with Crippen LogP contribution < -0.4 is 4.74 Å². The first-order valence-electron chi connectivity index (χ1n) is 5.84. The Morgan fingerprint density at radius 2 is 2.00 bits per heavy atom. The van der Waals surface area contributed by atoms with E-state index in [0.717, 1.165) is 38.5 Å². The predicted octanol–water partition coefficient (Wildman–Crippen LogP) is 3.70. The maximum atomic E-state index is 5.22. The third kappa shape index (κ3) is 2.21. The number of hydrogen-bond donors (Lipinski definition) is 1. The lowest BCUT2D eigenvalue weighted by Crippen LogP contribution is -1.86. The molecular weight excluding hydrogens is 306 g/mol. The van der Waals surface area contributed by atoms with Crippen molar-refractivity contribution < 1.29 is 4.74 Å². The zero-order chi connectivity index (χ0) is 13.4. The van der Waals surface area contributed by atoms with Gasteiger partial charge in [0.2, 0.25) is 0 Å². The number of nitrogens with one attached hydrogen (secondary N) is 1. The number of aryl methyl sites for hydroxylation is 1. The lowest BCUT2D eigenvalue weighted by atomic mass is 10.2. The van der Waals surface area contributed by atoms with Crippen molar-refractivity contribution in [1.29, 1.82) is 0 Å². The average Bonchev–Trinajstić information content (AvgIpc) is 2.81. The summed E-state index contributed by atoms with van der Waals surface area (Å²) in [7, 11) is 1.65. The van der Waals surface area contributed by atoms with Gasteiger partial charge in [0.05, 0.1) is 17.1 Å². The molecule has 0 aliphatic rings. The molecule has 0 amide bonds. The first-order valence-corrected chi connectivity index (χ1v) is 6.64. The molecule has 0 unspecified atom stereocenters.